The van der Waals surface area contributed by atoms with Crippen molar-refractivity contribution in [1.29, 1.82) is 0 Å². The van der Waals surface area contributed by atoms with Gasteiger partial charge in [-0.05, 0) is 47.7 Å². The Labute approximate surface area is 149 Å². The Kier molecular flexibility index (Phi) is 4.66. The van der Waals surface area contributed by atoms with Gasteiger partial charge in [0.15, 0.2) is 0 Å². The van der Waals surface area contributed by atoms with Gasteiger partial charge in [0.2, 0.25) is 0 Å². The number of aromatic nitrogens is 2. The molecule has 0 saturated heterocycles. The van der Waals surface area contributed by atoms with E-state index in [1.54, 1.807) is 0 Å². The third-order valence-corrected chi connectivity index (χ3v) is 5.17. The van der Waals surface area contributed by atoms with Crippen molar-refractivity contribution >= 4 is 0 Å². The molecule has 1 aliphatic heterocycles. The highest BCUT2D eigenvalue weighted by atomic mass is 15.2. The predicted molar refractivity (Wildman–Crippen MR) is 101 cm³/mol. The second-order valence-corrected chi connectivity index (χ2v) is 6.81. The summed E-state index contributed by atoms with van der Waals surface area (Å²) in [5.74, 6) is 0. The third kappa shape index (κ3) is 3.38. The van der Waals surface area contributed by atoms with Crippen LogP contribution >= 0.6 is 0 Å². The molecule has 4 rings (SSSR count). The van der Waals surface area contributed by atoms with E-state index in [0.29, 0.717) is 6.04 Å². The summed E-state index contributed by atoms with van der Waals surface area (Å²) in [5, 5.41) is 0. The highest BCUT2D eigenvalue weighted by Gasteiger charge is 2.27. The van der Waals surface area contributed by atoms with Crippen LogP contribution in [0.25, 0.3) is 0 Å². The maximum absolute atomic E-state index is 4.30. The van der Waals surface area contributed by atoms with Gasteiger partial charge in [0.05, 0.1) is 6.04 Å². The minimum atomic E-state index is 0.295. The largest absolute Gasteiger partial charge is 0.350 e. The number of pyridine rings is 1. The Morgan fingerprint density at radius 1 is 1.00 bits per heavy atom. The van der Waals surface area contributed by atoms with Crippen LogP contribution in [-0.4, -0.2) is 21.0 Å². The lowest BCUT2D eigenvalue weighted by molar-refractivity contribution is 0.220. The predicted octanol–water partition coefficient (Wildman–Crippen LogP) is 4.44. The van der Waals surface area contributed by atoms with E-state index in [2.05, 4.69) is 70.0 Å². The molecule has 0 amide bonds. The van der Waals surface area contributed by atoms with Crippen LogP contribution in [0.2, 0.25) is 0 Å². The van der Waals surface area contributed by atoms with Gasteiger partial charge >= 0.3 is 0 Å². The second-order valence-electron chi connectivity index (χ2n) is 6.81. The molecule has 0 bridgehead atoms. The van der Waals surface area contributed by atoms with Crippen LogP contribution in [0.15, 0.2) is 67.1 Å². The molecule has 0 aliphatic carbocycles. The lowest BCUT2D eigenvalue weighted by Gasteiger charge is -2.30. The lowest BCUT2D eigenvalue weighted by Crippen LogP contribution is -2.29. The Morgan fingerprint density at radius 3 is 2.64 bits per heavy atom. The molecular formula is C22H25N3. The summed E-state index contributed by atoms with van der Waals surface area (Å²) in [6.07, 6.45) is 8.31. The zero-order valence-corrected chi connectivity index (χ0v) is 14.8. The molecule has 1 aromatic carbocycles. The van der Waals surface area contributed by atoms with Crippen molar-refractivity contribution in [1.82, 2.24) is 14.5 Å². The van der Waals surface area contributed by atoms with Gasteiger partial charge in [-0.25, -0.2) is 0 Å². The standard InChI is InChI=1S/C22H25N3/c1-2-18-8-10-20(11-9-18)22-21-7-4-13-24(21)14-5-15-25(22)17-19-6-3-12-23-16-19/h3-4,6-13,16,22H,2,5,14-15,17H2,1H3. The Hall–Kier alpha value is -2.39. The number of nitrogens with zero attached hydrogens (tertiary/aromatic N) is 3. The van der Waals surface area contributed by atoms with Crippen LogP contribution in [-0.2, 0) is 19.5 Å². The van der Waals surface area contributed by atoms with Gasteiger partial charge in [0, 0.05) is 43.9 Å². The fraction of sp³-hybridized carbons (Fsp3) is 0.318. The van der Waals surface area contributed by atoms with E-state index in [-0.39, 0.29) is 0 Å². The van der Waals surface area contributed by atoms with Crippen molar-refractivity contribution in [2.75, 3.05) is 6.54 Å². The fourth-order valence-corrected chi connectivity index (χ4v) is 3.85. The van der Waals surface area contributed by atoms with Crippen molar-refractivity contribution < 1.29 is 0 Å². The topological polar surface area (TPSA) is 21.1 Å². The number of fused-ring (bicyclic) bond motifs is 1. The molecule has 1 aliphatic rings. The Morgan fingerprint density at radius 2 is 1.88 bits per heavy atom. The van der Waals surface area contributed by atoms with E-state index in [4.69, 9.17) is 0 Å². The van der Waals surface area contributed by atoms with Gasteiger partial charge in [0.1, 0.15) is 0 Å². The molecular weight excluding hydrogens is 306 g/mol. The van der Waals surface area contributed by atoms with Gasteiger partial charge in [0.25, 0.3) is 0 Å². The summed E-state index contributed by atoms with van der Waals surface area (Å²) in [7, 11) is 0. The van der Waals surface area contributed by atoms with Crippen LogP contribution in [0.3, 0.4) is 0 Å². The third-order valence-electron chi connectivity index (χ3n) is 5.17. The first-order valence-electron chi connectivity index (χ1n) is 9.22. The van der Waals surface area contributed by atoms with Crippen molar-refractivity contribution in [2.24, 2.45) is 0 Å². The van der Waals surface area contributed by atoms with Crippen molar-refractivity contribution in [3.8, 4) is 0 Å². The van der Waals surface area contributed by atoms with Gasteiger partial charge in [-0.3, -0.25) is 9.88 Å². The fourth-order valence-electron chi connectivity index (χ4n) is 3.85. The van der Waals surface area contributed by atoms with E-state index in [0.717, 1.165) is 26.1 Å². The van der Waals surface area contributed by atoms with E-state index in [1.165, 1.54) is 28.8 Å². The van der Waals surface area contributed by atoms with Gasteiger partial charge in [-0.2, -0.15) is 0 Å². The maximum Gasteiger partial charge on any atom is 0.0759 e. The first kappa shape index (κ1) is 16.1. The first-order chi connectivity index (χ1) is 12.3. The number of aryl methyl sites for hydroxylation is 2. The number of hydrogen-bond donors (Lipinski definition) is 0. The highest BCUT2D eigenvalue weighted by molar-refractivity contribution is 5.32. The summed E-state index contributed by atoms with van der Waals surface area (Å²) < 4.78 is 2.42. The van der Waals surface area contributed by atoms with E-state index in [9.17, 15) is 0 Å². The molecule has 0 fully saturated rings. The Balaban J connectivity index is 1.72. The maximum atomic E-state index is 4.30. The van der Waals surface area contributed by atoms with E-state index < -0.39 is 0 Å². The van der Waals surface area contributed by atoms with Crippen molar-refractivity contribution in [3.05, 3.63) is 89.5 Å². The number of rotatable bonds is 4. The zero-order chi connectivity index (χ0) is 17.1. The number of hydrogen-bond acceptors (Lipinski definition) is 2. The quantitative estimate of drug-likeness (QED) is 0.705. The highest BCUT2D eigenvalue weighted by Crippen LogP contribution is 2.33. The Bertz CT molecular complexity index is 805. The molecule has 128 valence electrons. The number of benzene rings is 1. The zero-order valence-electron chi connectivity index (χ0n) is 14.8. The molecule has 2 aromatic heterocycles. The van der Waals surface area contributed by atoms with Gasteiger partial charge in [-0.1, -0.05) is 37.3 Å². The second kappa shape index (κ2) is 7.24. The summed E-state index contributed by atoms with van der Waals surface area (Å²) in [5.41, 5.74) is 5.44. The SMILES string of the molecule is CCc1ccc(C2c3cccn3CCCN2Cc2cccnc2)cc1. The first-order valence-corrected chi connectivity index (χ1v) is 9.22. The summed E-state index contributed by atoms with van der Waals surface area (Å²) in [6.45, 7) is 5.33. The minimum Gasteiger partial charge on any atom is -0.350 e. The summed E-state index contributed by atoms with van der Waals surface area (Å²) in [4.78, 5) is 6.89. The lowest BCUT2D eigenvalue weighted by atomic mass is 9.99. The van der Waals surface area contributed by atoms with Crippen LogP contribution in [0.4, 0.5) is 0 Å². The summed E-state index contributed by atoms with van der Waals surface area (Å²) >= 11 is 0. The summed E-state index contributed by atoms with van der Waals surface area (Å²) in [6, 6.07) is 18.1. The smallest absolute Gasteiger partial charge is 0.0759 e. The van der Waals surface area contributed by atoms with Crippen LogP contribution in [0, 0.1) is 0 Å². The van der Waals surface area contributed by atoms with Gasteiger partial charge in [-0.15, -0.1) is 0 Å². The molecule has 0 saturated carbocycles. The minimum absolute atomic E-state index is 0.295. The average Bonchev–Trinajstić information content (AvgIpc) is 3.04. The average molecular weight is 331 g/mol. The van der Waals surface area contributed by atoms with E-state index in [1.807, 2.05) is 18.5 Å². The van der Waals surface area contributed by atoms with E-state index >= 15 is 0 Å². The molecule has 3 nitrogen and oxygen atoms in total. The monoisotopic (exact) mass is 331 g/mol. The molecule has 1 unspecified atom stereocenters. The molecule has 3 aromatic rings. The van der Waals surface area contributed by atoms with Gasteiger partial charge < -0.3 is 4.57 Å². The van der Waals surface area contributed by atoms with Crippen LogP contribution in [0.1, 0.15) is 41.8 Å². The van der Waals surface area contributed by atoms with Crippen molar-refractivity contribution in [2.45, 2.75) is 38.9 Å². The molecule has 25 heavy (non-hydrogen) atoms. The molecule has 3 heterocycles. The molecule has 1 atom stereocenters. The molecule has 0 radical (unpaired) electrons. The molecule has 0 spiro atoms. The molecule has 3 heteroatoms. The normalized spacial score (nSPS) is 17.9. The molecule has 0 N–H and O–H groups in total. The van der Waals surface area contributed by atoms with Crippen molar-refractivity contribution in [3.63, 3.8) is 0 Å². The van der Waals surface area contributed by atoms with Crippen LogP contribution in [0.5, 0.6) is 0 Å². The van der Waals surface area contributed by atoms with Crippen LogP contribution < -0.4 is 0 Å².